The Morgan fingerprint density at radius 2 is 2.06 bits per heavy atom. The smallest absolute Gasteiger partial charge is 0.137 e. The van der Waals surface area contributed by atoms with E-state index in [1.54, 1.807) is 6.07 Å². The minimum absolute atomic E-state index is 0.264. The van der Waals surface area contributed by atoms with Crippen LogP contribution in [0.2, 0.25) is 5.02 Å². The van der Waals surface area contributed by atoms with Crippen LogP contribution < -0.4 is 10.5 Å². The first-order valence-electron chi connectivity index (χ1n) is 5.24. The average Bonchev–Trinajstić information content (AvgIpc) is 2.16. The summed E-state index contributed by atoms with van der Waals surface area (Å²) in [4.78, 5) is 0. The van der Waals surface area contributed by atoms with E-state index in [1.807, 2.05) is 13.8 Å². The molecular formula is C12H17ClFNO. The van der Waals surface area contributed by atoms with Gasteiger partial charge in [-0.2, -0.15) is 0 Å². The third kappa shape index (κ3) is 3.09. The number of benzene rings is 1. The van der Waals surface area contributed by atoms with Crippen molar-refractivity contribution < 1.29 is 9.13 Å². The molecule has 0 aliphatic rings. The predicted octanol–water partition coefficient (Wildman–Crippen LogP) is 3.53. The van der Waals surface area contributed by atoms with Crippen molar-refractivity contribution in [2.75, 3.05) is 7.11 Å². The van der Waals surface area contributed by atoms with E-state index in [0.29, 0.717) is 17.2 Å². The van der Waals surface area contributed by atoms with Crippen LogP contribution in [0.3, 0.4) is 0 Å². The van der Waals surface area contributed by atoms with Crippen molar-refractivity contribution in [2.45, 2.75) is 26.3 Å². The first-order chi connectivity index (χ1) is 7.45. The number of ether oxygens (including phenoxy) is 1. The maximum atomic E-state index is 13.6. The largest absolute Gasteiger partial charge is 0.495 e. The first kappa shape index (κ1) is 13.3. The van der Waals surface area contributed by atoms with Crippen LogP contribution in [0.5, 0.6) is 5.75 Å². The van der Waals surface area contributed by atoms with Gasteiger partial charge in [-0.25, -0.2) is 4.39 Å². The van der Waals surface area contributed by atoms with E-state index in [0.717, 1.165) is 6.42 Å². The summed E-state index contributed by atoms with van der Waals surface area (Å²) in [6, 6.07) is 2.49. The lowest BCUT2D eigenvalue weighted by Gasteiger charge is -2.16. The zero-order chi connectivity index (χ0) is 12.3. The van der Waals surface area contributed by atoms with Crippen LogP contribution in [0.1, 0.15) is 31.9 Å². The van der Waals surface area contributed by atoms with Gasteiger partial charge in [0.25, 0.3) is 0 Å². The van der Waals surface area contributed by atoms with Crippen molar-refractivity contribution in [1.29, 1.82) is 0 Å². The SMILES string of the molecule is COc1cc(C(N)CC(C)C)c(F)cc1Cl. The van der Waals surface area contributed by atoms with Gasteiger partial charge in [0.05, 0.1) is 12.1 Å². The van der Waals surface area contributed by atoms with Crippen LogP contribution in [0.15, 0.2) is 12.1 Å². The molecule has 90 valence electrons. The van der Waals surface area contributed by atoms with Gasteiger partial charge in [0.15, 0.2) is 0 Å². The summed E-state index contributed by atoms with van der Waals surface area (Å²) in [6.45, 7) is 4.09. The molecule has 1 atom stereocenters. The third-order valence-corrected chi connectivity index (χ3v) is 2.69. The Hall–Kier alpha value is -0.800. The highest BCUT2D eigenvalue weighted by atomic mass is 35.5. The Morgan fingerprint density at radius 3 is 2.56 bits per heavy atom. The molecule has 0 saturated carbocycles. The standard InChI is InChI=1S/C12H17ClFNO/c1-7(2)4-11(15)8-5-12(16-3)9(13)6-10(8)14/h5-7,11H,4,15H2,1-3H3. The Balaban J connectivity index is 3.03. The number of hydrogen-bond acceptors (Lipinski definition) is 2. The molecular weight excluding hydrogens is 229 g/mol. The number of halogens is 2. The van der Waals surface area contributed by atoms with Crippen LogP contribution >= 0.6 is 11.6 Å². The molecule has 0 fully saturated rings. The molecule has 0 aliphatic carbocycles. The van der Waals surface area contributed by atoms with E-state index in [9.17, 15) is 4.39 Å². The topological polar surface area (TPSA) is 35.2 Å². The number of nitrogens with two attached hydrogens (primary N) is 1. The summed E-state index contributed by atoms with van der Waals surface area (Å²) in [7, 11) is 1.50. The maximum Gasteiger partial charge on any atom is 0.137 e. The van der Waals surface area contributed by atoms with Gasteiger partial charge in [-0.15, -0.1) is 0 Å². The van der Waals surface area contributed by atoms with Crippen molar-refractivity contribution in [3.8, 4) is 5.75 Å². The van der Waals surface area contributed by atoms with Crippen molar-refractivity contribution in [1.82, 2.24) is 0 Å². The fourth-order valence-electron chi connectivity index (χ4n) is 1.62. The monoisotopic (exact) mass is 245 g/mol. The first-order valence-corrected chi connectivity index (χ1v) is 5.62. The van der Waals surface area contributed by atoms with Gasteiger partial charge in [-0.1, -0.05) is 25.4 Å². The second kappa shape index (κ2) is 5.51. The predicted molar refractivity (Wildman–Crippen MR) is 64.3 cm³/mol. The Labute approximate surface area is 101 Å². The molecule has 4 heteroatoms. The highest BCUT2D eigenvalue weighted by molar-refractivity contribution is 6.32. The van der Waals surface area contributed by atoms with Crippen molar-refractivity contribution >= 4 is 11.6 Å². The van der Waals surface area contributed by atoms with Crippen LogP contribution in [-0.4, -0.2) is 7.11 Å². The van der Waals surface area contributed by atoms with Crippen LogP contribution in [0.4, 0.5) is 4.39 Å². The summed E-state index contributed by atoms with van der Waals surface area (Å²) in [5.74, 6) is 0.493. The van der Waals surface area contributed by atoms with E-state index in [2.05, 4.69) is 0 Å². The Bertz CT molecular complexity index is 368. The lowest BCUT2D eigenvalue weighted by atomic mass is 9.97. The van der Waals surface area contributed by atoms with Gasteiger partial charge in [-0.3, -0.25) is 0 Å². The molecule has 0 aromatic heterocycles. The molecule has 0 spiro atoms. The van der Waals surface area contributed by atoms with Gasteiger partial charge in [-0.05, 0) is 24.5 Å². The molecule has 2 N–H and O–H groups in total. The number of rotatable bonds is 4. The molecule has 0 bridgehead atoms. The normalized spacial score (nSPS) is 12.9. The summed E-state index contributed by atoms with van der Waals surface area (Å²) in [6.07, 6.45) is 0.724. The lowest BCUT2D eigenvalue weighted by Crippen LogP contribution is -2.14. The highest BCUT2D eigenvalue weighted by Gasteiger charge is 2.16. The lowest BCUT2D eigenvalue weighted by molar-refractivity contribution is 0.410. The molecule has 1 unspecified atom stereocenters. The molecule has 0 amide bonds. The second-order valence-corrected chi connectivity index (χ2v) is 4.65. The molecule has 0 aliphatic heterocycles. The van der Waals surface area contributed by atoms with Gasteiger partial charge < -0.3 is 10.5 Å². The summed E-state index contributed by atoms with van der Waals surface area (Å²) < 4.78 is 18.7. The minimum Gasteiger partial charge on any atom is -0.495 e. The zero-order valence-corrected chi connectivity index (χ0v) is 10.5. The molecule has 1 rings (SSSR count). The molecule has 0 heterocycles. The van der Waals surface area contributed by atoms with Crippen molar-refractivity contribution in [3.63, 3.8) is 0 Å². The van der Waals surface area contributed by atoms with Crippen molar-refractivity contribution in [2.24, 2.45) is 11.7 Å². The van der Waals surface area contributed by atoms with Crippen LogP contribution in [0.25, 0.3) is 0 Å². The number of methoxy groups -OCH3 is 1. The molecule has 2 nitrogen and oxygen atoms in total. The third-order valence-electron chi connectivity index (χ3n) is 2.40. The Morgan fingerprint density at radius 1 is 1.44 bits per heavy atom. The summed E-state index contributed by atoms with van der Waals surface area (Å²) in [5, 5.41) is 0.264. The average molecular weight is 246 g/mol. The molecule has 16 heavy (non-hydrogen) atoms. The van der Waals surface area contributed by atoms with E-state index in [4.69, 9.17) is 22.1 Å². The van der Waals surface area contributed by atoms with E-state index in [-0.39, 0.29) is 16.9 Å². The number of hydrogen-bond donors (Lipinski definition) is 1. The molecule has 0 radical (unpaired) electrons. The quantitative estimate of drug-likeness (QED) is 0.881. The van der Waals surface area contributed by atoms with Gasteiger partial charge >= 0.3 is 0 Å². The molecule has 1 aromatic rings. The van der Waals surface area contributed by atoms with Gasteiger partial charge in [0.1, 0.15) is 11.6 Å². The summed E-state index contributed by atoms with van der Waals surface area (Å²) in [5.41, 5.74) is 6.39. The van der Waals surface area contributed by atoms with Crippen LogP contribution in [-0.2, 0) is 0 Å². The highest BCUT2D eigenvalue weighted by Crippen LogP contribution is 2.31. The maximum absolute atomic E-state index is 13.6. The minimum atomic E-state index is -0.376. The van der Waals surface area contributed by atoms with Crippen molar-refractivity contribution in [3.05, 3.63) is 28.5 Å². The molecule has 0 saturated heterocycles. The second-order valence-electron chi connectivity index (χ2n) is 4.24. The van der Waals surface area contributed by atoms with Gasteiger partial charge in [0.2, 0.25) is 0 Å². The van der Waals surface area contributed by atoms with Crippen LogP contribution in [0, 0.1) is 11.7 Å². The van der Waals surface area contributed by atoms with E-state index < -0.39 is 0 Å². The summed E-state index contributed by atoms with van der Waals surface area (Å²) >= 11 is 5.81. The fraction of sp³-hybridized carbons (Fsp3) is 0.500. The zero-order valence-electron chi connectivity index (χ0n) is 9.76. The fourth-order valence-corrected chi connectivity index (χ4v) is 1.85. The van der Waals surface area contributed by atoms with Gasteiger partial charge in [0, 0.05) is 11.6 Å². The Kier molecular flexibility index (Phi) is 4.56. The van der Waals surface area contributed by atoms with E-state index >= 15 is 0 Å². The molecule has 1 aromatic carbocycles. The van der Waals surface area contributed by atoms with E-state index in [1.165, 1.54) is 13.2 Å².